The van der Waals surface area contributed by atoms with Gasteiger partial charge in [0.15, 0.2) is 5.65 Å². The molecule has 0 radical (unpaired) electrons. The number of likely N-dealkylation sites (tertiary alicyclic amines) is 1. The summed E-state index contributed by atoms with van der Waals surface area (Å²) in [4.78, 5) is 28.5. The Morgan fingerprint density at radius 3 is 2.89 bits per heavy atom. The molecule has 1 aliphatic heterocycles. The van der Waals surface area contributed by atoms with Crippen LogP contribution in [0.5, 0.6) is 0 Å². The highest BCUT2D eigenvalue weighted by Gasteiger charge is 2.36. The maximum absolute atomic E-state index is 11.8. The summed E-state index contributed by atoms with van der Waals surface area (Å²) in [6.07, 6.45) is 1.90. The molecule has 98 valence electrons. The van der Waals surface area contributed by atoms with Gasteiger partial charge in [0.05, 0.1) is 6.42 Å². The first-order chi connectivity index (χ1) is 9.04. The molecule has 8 heteroatoms. The van der Waals surface area contributed by atoms with E-state index in [2.05, 4.69) is 31.3 Å². The number of nitrogens with one attached hydrogen (secondary N) is 1. The third-order valence-corrected chi connectivity index (χ3v) is 3.45. The molecule has 0 aliphatic carbocycles. The monoisotopic (exact) mass is 323 g/mol. The number of halogens is 1. The second-order valence-corrected chi connectivity index (χ2v) is 5.19. The molecule has 0 bridgehead atoms. The van der Waals surface area contributed by atoms with Crippen molar-refractivity contribution in [3.05, 3.63) is 22.8 Å². The first kappa shape index (κ1) is 12.1. The summed E-state index contributed by atoms with van der Waals surface area (Å²) in [5.41, 5.74) is 0.663. The van der Waals surface area contributed by atoms with Crippen molar-refractivity contribution in [1.29, 1.82) is 0 Å². The van der Waals surface area contributed by atoms with Crippen LogP contribution in [0.1, 0.15) is 6.42 Å². The fourth-order valence-electron chi connectivity index (χ4n) is 1.94. The Labute approximate surface area is 116 Å². The smallest absolute Gasteiger partial charge is 0.252 e. The van der Waals surface area contributed by atoms with Crippen molar-refractivity contribution >= 4 is 39.3 Å². The lowest BCUT2D eigenvalue weighted by Crippen LogP contribution is -2.32. The predicted octanol–water partition coefficient (Wildman–Crippen LogP) is 0.661. The van der Waals surface area contributed by atoms with E-state index < -0.39 is 6.04 Å². The van der Waals surface area contributed by atoms with Crippen molar-refractivity contribution in [1.82, 2.24) is 19.5 Å². The molecule has 19 heavy (non-hydrogen) atoms. The minimum atomic E-state index is -0.585. The number of carbonyl (C=O) groups is 2. The molecule has 1 saturated heterocycles. The molecule has 1 unspecified atom stereocenters. The molecule has 2 aromatic rings. The van der Waals surface area contributed by atoms with E-state index in [0.717, 1.165) is 9.37 Å². The molecule has 0 saturated carbocycles. The number of nitrogens with zero attached hydrogens (tertiary/aromatic N) is 4. The Morgan fingerprint density at radius 2 is 2.21 bits per heavy atom. The van der Waals surface area contributed by atoms with E-state index in [0.29, 0.717) is 11.6 Å². The molecular formula is C11H10BrN5O2. The third kappa shape index (κ3) is 2.07. The highest BCUT2D eigenvalue weighted by Crippen LogP contribution is 2.16. The van der Waals surface area contributed by atoms with Crippen LogP contribution in [0.4, 0.5) is 5.95 Å². The number of pyridine rings is 1. The molecule has 7 nitrogen and oxygen atoms in total. The van der Waals surface area contributed by atoms with Gasteiger partial charge in [-0.2, -0.15) is 4.98 Å². The number of rotatable bonds is 2. The Balaban J connectivity index is 1.86. The van der Waals surface area contributed by atoms with Crippen LogP contribution in [-0.4, -0.2) is 44.4 Å². The lowest BCUT2D eigenvalue weighted by Gasteiger charge is -2.08. The topological polar surface area (TPSA) is 79.6 Å². The van der Waals surface area contributed by atoms with Crippen molar-refractivity contribution in [3.8, 4) is 0 Å². The van der Waals surface area contributed by atoms with E-state index in [4.69, 9.17) is 0 Å². The van der Waals surface area contributed by atoms with E-state index >= 15 is 0 Å². The zero-order valence-electron chi connectivity index (χ0n) is 10.00. The average molecular weight is 324 g/mol. The van der Waals surface area contributed by atoms with Crippen molar-refractivity contribution in [3.63, 3.8) is 0 Å². The van der Waals surface area contributed by atoms with Gasteiger partial charge in [0.1, 0.15) is 6.04 Å². The molecule has 1 atom stereocenters. The lowest BCUT2D eigenvalue weighted by molar-refractivity contribution is -0.136. The minimum Gasteiger partial charge on any atom is -0.341 e. The number of fused-ring (bicyclic) bond motifs is 1. The maximum Gasteiger partial charge on any atom is 0.252 e. The van der Waals surface area contributed by atoms with Crippen LogP contribution >= 0.6 is 15.9 Å². The SMILES string of the molecule is CN1C(=O)CC(Nc2nc3ccc(Br)cn3n2)C1=O. The fraction of sp³-hybridized carbons (Fsp3) is 0.273. The number of likely N-dealkylation sites (N-methyl/N-ethyl adjacent to an activating group) is 1. The predicted molar refractivity (Wildman–Crippen MR) is 70.5 cm³/mol. The number of carbonyl (C=O) groups excluding carboxylic acids is 2. The standard InChI is InChI=1S/C11H10BrN5O2/c1-16-9(18)4-7(10(16)19)13-11-14-8-3-2-6(12)5-17(8)15-11/h2-3,5,7H,4H2,1H3,(H,13,15). The first-order valence-corrected chi connectivity index (χ1v) is 6.43. The Bertz CT molecular complexity index is 683. The molecule has 2 amide bonds. The van der Waals surface area contributed by atoms with Gasteiger partial charge in [0, 0.05) is 17.7 Å². The van der Waals surface area contributed by atoms with E-state index in [-0.39, 0.29) is 18.2 Å². The largest absolute Gasteiger partial charge is 0.341 e. The van der Waals surface area contributed by atoms with Gasteiger partial charge in [0.2, 0.25) is 11.9 Å². The Morgan fingerprint density at radius 1 is 1.42 bits per heavy atom. The van der Waals surface area contributed by atoms with Crippen molar-refractivity contribution in [2.75, 3.05) is 12.4 Å². The van der Waals surface area contributed by atoms with Gasteiger partial charge >= 0.3 is 0 Å². The molecule has 3 heterocycles. The first-order valence-electron chi connectivity index (χ1n) is 5.63. The summed E-state index contributed by atoms with van der Waals surface area (Å²) in [7, 11) is 1.47. The highest BCUT2D eigenvalue weighted by molar-refractivity contribution is 9.10. The molecule has 1 aliphatic rings. The van der Waals surface area contributed by atoms with Gasteiger partial charge in [-0.25, -0.2) is 4.52 Å². The number of hydrogen-bond acceptors (Lipinski definition) is 5. The van der Waals surface area contributed by atoms with Gasteiger partial charge in [-0.1, -0.05) is 0 Å². The summed E-state index contributed by atoms with van der Waals surface area (Å²) < 4.78 is 2.47. The number of amides is 2. The molecule has 2 aromatic heterocycles. The van der Waals surface area contributed by atoms with Gasteiger partial charge in [-0.15, -0.1) is 5.10 Å². The normalized spacial score (nSPS) is 19.5. The number of imide groups is 1. The van der Waals surface area contributed by atoms with Crippen LogP contribution in [0.2, 0.25) is 0 Å². The molecular weight excluding hydrogens is 314 g/mol. The van der Waals surface area contributed by atoms with Gasteiger partial charge < -0.3 is 5.32 Å². The van der Waals surface area contributed by atoms with Crippen molar-refractivity contribution in [2.24, 2.45) is 0 Å². The summed E-state index contributed by atoms with van der Waals surface area (Å²) in [5, 5.41) is 7.09. The minimum absolute atomic E-state index is 0.134. The van der Waals surface area contributed by atoms with Crippen LogP contribution in [0.25, 0.3) is 5.65 Å². The zero-order chi connectivity index (χ0) is 13.6. The van der Waals surface area contributed by atoms with Crippen LogP contribution in [0.15, 0.2) is 22.8 Å². The molecule has 0 aromatic carbocycles. The second kappa shape index (κ2) is 4.30. The fourth-order valence-corrected chi connectivity index (χ4v) is 2.27. The molecule has 1 fully saturated rings. The highest BCUT2D eigenvalue weighted by atomic mass is 79.9. The summed E-state index contributed by atoms with van der Waals surface area (Å²) >= 11 is 3.34. The number of anilines is 1. The molecule has 1 N–H and O–H groups in total. The van der Waals surface area contributed by atoms with Gasteiger partial charge in [-0.3, -0.25) is 14.5 Å². The Kier molecular flexibility index (Phi) is 2.74. The van der Waals surface area contributed by atoms with Crippen molar-refractivity contribution < 1.29 is 9.59 Å². The van der Waals surface area contributed by atoms with Crippen LogP contribution in [0.3, 0.4) is 0 Å². The summed E-state index contributed by atoms with van der Waals surface area (Å²) in [5.74, 6) is -0.126. The summed E-state index contributed by atoms with van der Waals surface area (Å²) in [6, 6.07) is 3.07. The quantitative estimate of drug-likeness (QED) is 0.821. The molecule has 3 rings (SSSR count). The Hall–Kier alpha value is -1.96. The van der Waals surface area contributed by atoms with E-state index in [1.165, 1.54) is 7.05 Å². The molecule has 0 spiro atoms. The van der Waals surface area contributed by atoms with E-state index in [1.807, 2.05) is 6.07 Å². The number of hydrogen-bond donors (Lipinski definition) is 1. The summed E-state index contributed by atoms with van der Waals surface area (Å²) in [6.45, 7) is 0. The van der Waals surface area contributed by atoms with Crippen LogP contribution in [-0.2, 0) is 9.59 Å². The van der Waals surface area contributed by atoms with Gasteiger partial charge in [-0.05, 0) is 28.1 Å². The average Bonchev–Trinajstić information content (AvgIpc) is 2.86. The van der Waals surface area contributed by atoms with Crippen LogP contribution in [0, 0.1) is 0 Å². The van der Waals surface area contributed by atoms with Crippen LogP contribution < -0.4 is 5.32 Å². The second-order valence-electron chi connectivity index (χ2n) is 4.28. The maximum atomic E-state index is 11.8. The third-order valence-electron chi connectivity index (χ3n) is 2.98. The van der Waals surface area contributed by atoms with Gasteiger partial charge in [0.25, 0.3) is 5.91 Å². The number of aromatic nitrogens is 3. The van der Waals surface area contributed by atoms with Crippen molar-refractivity contribution in [2.45, 2.75) is 12.5 Å². The van der Waals surface area contributed by atoms with E-state index in [9.17, 15) is 9.59 Å². The zero-order valence-corrected chi connectivity index (χ0v) is 11.6. The lowest BCUT2D eigenvalue weighted by atomic mass is 10.2. The van der Waals surface area contributed by atoms with E-state index in [1.54, 1.807) is 16.8 Å².